The van der Waals surface area contributed by atoms with Gasteiger partial charge >= 0.3 is 0 Å². The highest BCUT2D eigenvalue weighted by molar-refractivity contribution is 5.41. The normalized spacial score (nSPS) is 10.2. The summed E-state index contributed by atoms with van der Waals surface area (Å²) >= 11 is 0. The Morgan fingerprint density at radius 1 is 0.850 bits per heavy atom. The molecule has 0 bridgehead atoms. The van der Waals surface area contributed by atoms with Crippen LogP contribution in [-0.4, -0.2) is 46.2 Å². The molecule has 0 amide bonds. The highest BCUT2D eigenvalue weighted by atomic mass is 16.6. The number of hydrogen-bond acceptors (Lipinski definition) is 5. The van der Waals surface area contributed by atoms with Crippen LogP contribution in [0.4, 0.5) is 5.69 Å². The van der Waals surface area contributed by atoms with Crippen molar-refractivity contribution in [2.24, 2.45) is 0 Å². The van der Waals surface area contributed by atoms with Crippen molar-refractivity contribution in [3.8, 4) is 18.1 Å². The van der Waals surface area contributed by atoms with Crippen molar-refractivity contribution >= 4 is 5.69 Å². The van der Waals surface area contributed by atoms with Crippen LogP contribution in [-0.2, 0) is 14.2 Å². The van der Waals surface area contributed by atoms with Gasteiger partial charge in [0.1, 0.15) is 19.0 Å². The number of hydrogen-bond donors (Lipinski definition) is 1. The lowest BCUT2D eigenvalue weighted by atomic mass is 10.3. The fourth-order valence-corrected chi connectivity index (χ4v) is 1.35. The molecule has 0 unspecified atom stereocenters. The SMILES string of the molecule is C#CCOCCOCCOCCOc1ccc(N)cc1. The van der Waals surface area contributed by atoms with E-state index in [0.29, 0.717) is 46.2 Å². The summed E-state index contributed by atoms with van der Waals surface area (Å²) in [4.78, 5) is 0. The van der Waals surface area contributed by atoms with Crippen molar-refractivity contribution in [2.75, 3.05) is 52.0 Å². The minimum Gasteiger partial charge on any atom is -0.491 e. The first-order valence-corrected chi connectivity index (χ1v) is 6.48. The van der Waals surface area contributed by atoms with Gasteiger partial charge in [-0.15, -0.1) is 6.42 Å². The average molecular weight is 279 g/mol. The molecule has 0 aliphatic heterocycles. The van der Waals surface area contributed by atoms with Gasteiger partial charge in [0, 0.05) is 5.69 Å². The van der Waals surface area contributed by atoms with E-state index in [0.717, 1.165) is 11.4 Å². The third kappa shape index (κ3) is 8.38. The molecule has 0 aliphatic carbocycles. The van der Waals surface area contributed by atoms with E-state index in [9.17, 15) is 0 Å². The van der Waals surface area contributed by atoms with E-state index in [1.54, 1.807) is 12.1 Å². The van der Waals surface area contributed by atoms with Gasteiger partial charge in [-0.05, 0) is 24.3 Å². The molecule has 1 aromatic rings. The maximum atomic E-state index is 5.58. The molecular weight excluding hydrogens is 258 g/mol. The second kappa shape index (κ2) is 11.1. The molecule has 5 heteroatoms. The summed E-state index contributed by atoms with van der Waals surface area (Å²) in [5.41, 5.74) is 6.29. The summed E-state index contributed by atoms with van der Waals surface area (Å²) in [5.74, 6) is 3.17. The smallest absolute Gasteiger partial charge is 0.119 e. The Morgan fingerprint density at radius 3 is 2.00 bits per heavy atom. The lowest BCUT2D eigenvalue weighted by molar-refractivity contribution is 0.0142. The van der Waals surface area contributed by atoms with Gasteiger partial charge in [-0.25, -0.2) is 0 Å². The van der Waals surface area contributed by atoms with E-state index >= 15 is 0 Å². The van der Waals surface area contributed by atoms with Crippen LogP contribution in [0.15, 0.2) is 24.3 Å². The Balaban J connectivity index is 1.85. The summed E-state index contributed by atoms with van der Waals surface area (Å²) in [6, 6.07) is 7.25. The number of ether oxygens (including phenoxy) is 4. The van der Waals surface area contributed by atoms with E-state index < -0.39 is 0 Å². The molecule has 0 fully saturated rings. The molecule has 2 N–H and O–H groups in total. The number of benzene rings is 1. The first-order valence-electron chi connectivity index (χ1n) is 6.48. The number of nitrogens with two attached hydrogens (primary N) is 1. The topological polar surface area (TPSA) is 62.9 Å². The molecule has 5 nitrogen and oxygen atoms in total. The van der Waals surface area contributed by atoms with Crippen molar-refractivity contribution in [3.63, 3.8) is 0 Å². The molecule has 0 saturated carbocycles. The van der Waals surface area contributed by atoms with Crippen LogP contribution in [0, 0.1) is 12.3 Å². The number of nitrogen functional groups attached to an aromatic ring is 1. The van der Waals surface area contributed by atoms with Crippen LogP contribution in [0.2, 0.25) is 0 Å². The van der Waals surface area contributed by atoms with E-state index in [4.69, 9.17) is 31.1 Å². The molecule has 0 spiro atoms. The summed E-state index contributed by atoms with van der Waals surface area (Å²) in [6.07, 6.45) is 5.03. The van der Waals surface area contributed by atoms with Gasteiger partial charge in [0.2, 0.25) is 0 Å². The van der Waals surface area contributed by atoms with E-state index in [2.05, 4.69) is 5.92 Å². The monoisotopic (exact) mass is 279 g/mol. The largest absolute Gasteiger partial charge is 0.491 e. The Kier molecular flexibility index (Phi) is 9.07. The van der Waals surface area contributed by atoms with Gasteiger partial charge in [0.15, 0.2) is 0 Å². The molecule has 0 aromatic heterocycles. The molecule has 0 saturated heterocycles. The summed E-state index contributed by atoms with van der Waals surface area (Å²) in [5, 5.41) is 0. The lowest BCUT2D eigenvalue weighted by Crippen LogP contribution is -2.12. The van der Waals surface area contributed by atoms with Gasteiger partial charge in [-0.1, -0.05) is 5.92 Å². The van der Waals surface area contributed by atoms with Crippen molar-refractivity contribution < 1.29 is 18.9 Å². The zero-order valence-corrected chi connectivity index (χ0v) is 11.5. The minimum absolute atomic E-state index is 0.322. The van der Waals surface area contributed by atoms with Crippen molar-refractivity contribution in [1.29, 1.82) is 0 Å². The predicted octanol–water partition coefficient (Wildman–Crippen LogP) is 1.33. The van der Waals surface area contributed by atoms with Crippen molar-refractivity contribution in [2.45, 2.75) is 0 Å². The maximum Gasteiger partial charge on any atom is 0.119 e. The highest BCUT2D eigenvalue weighted by Crippen LogP contribution is 2.12. The molecule has 0 atom stereocenters. The lowest BCUT2D eigenvalue weighted by Gasteiger charge is -2.08. The van der Waals surface area contributed by atoms with E-state index in [1.807, 2.05) is 12.1 Å². The Bertz CT molecular complexity index is 386. The first kappa shape index (κ1) is 16.3. The predicted molar refractivity (Wildman–Crippen MR) is 77.6 cm³/mol. The van der Waals surface area contributed by atoms with Gasteiger partial charge in [-0.3, -0.25) is 0 Å². The Morgan fingerprint density at radius 2 is 1.40 bits per heavy atom. The second-order valence-electron chi connectivity index (χ2n) is 3.90. The molecule has 0 radical (unpaired) electrons. The average Bonchev–Trinajstić information content (AvgIpc) is 2.47. The summed E-state index contributed by atoms with van der Waals surface area (Å²) in [7, 11) is 0. The van der Waals surface area contributed by atoms with Crippen LogP contribution in [0.5, 0.6) is 5.75 Å². The molecule has 0 aliphatic rings. The van der Waals surface area contributed by atoms with E-state index in [1.165, 1.54) is 0 Å². The van der Waals surface area contributed by atoms with E-state index in [-0.39, 0.29) is 0 Å². The summed E-state index contributed by atoms with van der Waals surface area (Å²) < 4.78 is 21.2. The van der Waals surface area contributed by atoms with Crippen molar-refractivity contribution in [3.05, 3.63) is 24.3 Å². The fraction of sp³-hybridized carbons (Fsp3) is 0.467. The molecule has 20 heavy (non-hydrogen) atoms. The van der Waals surface area contributed by atoms with Crippen molar-refractivity contribution in [1.82, 2.24) is 0 Å². The van der Waals surface area contributed by atoms with Crippen LogP contribution in [0.3, 0.4) is 0 Å². The third-order valence-electron chi connectivity index (χ3n) is 2.31. The van der Waals surface area contributed by atoms with Crippen LogP contribution in [0.1, 0.15) is 0 Å². The fourth-order valence-electron chi connectivity index (χ4n) is 1.35. The Labute approximate surface area is 120 Å². The molecule has 1 rings (SSSR count). The number of anilines is 1. The summed E-state index contributed by atoms with van der Waals surface area (Å²) in [6.45, 7) is 3.41. The first-order chi connectivity index (χ1) is 9.83. The quantitative estimate of drug-likeness (QED) is 0.376. The van der Waals surface area contributed by atoms with Gasteiger partial charge in [0.25, 0.3) is 0 Å². The third-order valence-corrected chi connectivity index (χ3v) is 2.31. The number of terminal acetylenes is 1. The van der Waals surface area contributed by atoms with Crippen LogP contribution in [0.25, 0.3) is 0 Å². The Hall–Kier alpha value is -1.74. The highest BCUT2D eigenvalue weighted by Gasteiger charge is 1.94. The molecule has 110 valence electrons. The molecule has 0 heterocycles. The molecular formula is C15H21NO4. The van der Waals surface area contributed by atoms with Gasteiger partial charge in [-0.2, -0.15) is 0 Å². The maximum absolute atomic E-state index is 5.58. The number of rotatable bonds is 11. The van der Waals surface area contributed by atoms with Gasteiger partial charge in [0.05, 0.1) is 33.0 Å². The standard InChI is InChI=1S/C15H21NO4/c1-2-7-17-8-9-18-10-11-19-12-13-20-15-5-3-14(16)4-6-15/h1,3-6H,7-13,16H2. The second-order valence-corrected chi connectivity index (χ2v) is 3.90. The zero-order chi connectivity index (χ0) is 14.5. The minimum atomic E-state index is 0.322. The zero-order valence-electron chi connectivity index (χ0n) is 11.5. The van der Waals surface area contributed by atoms with Gasteiger partial charge < -0.3 is 24.7 Å². The van der Waals surface area contributed by atoms with Crippen LogP contribution >= 0.6 is 0 Å². The van der Waals surface area contributed by atoms with Crippen LogP contribution < -0.4 is 10.5 Å². The molecule has 1 aromatic carbocycles.